The molecule has 1 unspecified atom stereocenters. The molecule has 0 bridgehead atoms. The second-order valence-electron chi connectivity index (χ2n) is 4.62. The fourth-order valence-electron chi connectivity index (χ4n) is 2.06. The van der Waals surface area contributed by atoms with Crippen molar-refractivity contribution in [3.05, 3.63) is 33.9 Å². The first-order valence-electron chi connectivity index (χ1n) is 6.28. The average molecular weight is 294 g/mol. The number of amides is 1. The molecule has 0 aliphatic carbocycles. The number of ether oxygens (including phenoxy) is 2. The third-order valence-corrected chi connectivity index (χ3v) is 3.08. The molecule has 8 heteroatoms. The van der Waals surface area contributed by atoms with E-state index in [1.807, 2.05) is 0 Å². The van der Waals surface area contributed by atoms with Gasteiger partial charge in [0, 0.05) is 13.0 Å². The monoisotopic (exact) mass is 294 g/mol. The van der Waals surface area contributed by atoms with Gasteiger partial charge in [-0.2, -0.15) is 0 Å². The molecule has 0 fully saturated rings. The summed E-state index contributed by atoms with van der Waals surface area (Å²) in [6, 6.07) is 3.53. The van der Waals surface area contributed by atoms with Gasteiger partial charge in [-0.1, -0.05) is 6.07 Å². The van der Waals surface area contributed by atoms with Crippen LogP contribution in [0.3, 0.4) is 0 Å². The Balaban J connectivity index is 2.29. The maximum atomic E-state index is 12.1. The number of fused-ring (bicyclic) bond motifs is 1. The third kappa shape index (κ3) is 3.10. The second kappa shape index (κ2) is 5.78. The molecule has 0 aromatic heterocycles. The van der Waals surface area contributed by atoms with Crippen molar-refractivity contribution in [2.45, 2.75) is 26.0 Å². The van der Waals surface area contributed by atoms with E-state index in [1.54, 1.807) is 6.92 Å². The second-order valence-corrected chi connectivity index (χ2v) is 4.62. The van der Waals surface area contributed by atoms with E-state index in [0.717, 1.165) is 0 Å². The quantitative estimate of drug-likeness (QED) is 0.507. The number of rotatable bonds is 3. The summed E-state index contributed by atoms with van der Waals surface area (Å²) in [6.45, 7) is 2.84. The van der Waals surface area contributed by atoms with Crippen LogP contribution < -0.4 is 10.1 Å². The number of nitro benzene ring substituents is 1. The van der Waals surface area contributed by atoms with E-state index in [2.05, 4.69) is 5.32 Å². The molecule has 2 rings (SSSR count). The number of nitrogens with one attached hydrogen (secondary N) is 1. The number of carbonyl (C=O) groups is 2. The minimum Gasteiger partial charge on any atom is -0.484 e. The van der Waals surface area contributed by atoms with Crippen molar-refractivity contribution in [2.24, 2.45) is 0 Å². The van der Waals surface area contributed by atoms with E-state index in [1.165, 1.54) is 25.1 Å². The number of hydrogen-bond donors (Lipinski definition) is 1. The van der Waals surface area contributed by atoms with Crippen LogP contribution in [0.1, 0.15) is 24.2 Å². The number of benzene rings is 1. The number of para-hydroxylation sites is 1. The number of carbonyl (C=O) groups excluding carboxylic acids is 2. The van der Waals surface area contributed by atoms with E-state index >= 15 is 0 Å². The molecular weight excluding hydrogens is 280 g/mol. The van der Waals surface area contributed by atoms with Gasteiger partial charge in [0.25, 0.3) is 5.91 Å². The summed E-state index contributed by atoms with van der Waals surface area (Å²) < 4.78 is 10.4. The predicted octanol–water partition coefficient (Wildman–Crippen LogP) is 1.04. The molecule has 1 aromatic rings. The first kappa shape index (κ1) is 14.8. The summed E-state index contributed by atoms with van der Waals surface area (Å²) in [5, 5.41) is 13.6. The minimum absolute atomic E-state index is 0.0297. The molecule has 1 aliphatic heterocycles. The summed E-state index contributed by atoms with van der Waals surface area (Å²) in [5.41, 5.74) is -0.190. The Morgan fingerprint density at radius 3 is 2.90 bits per heavy atom. The Hall–Kier alpha value is -2.64. The van der Waals surface area contributed by atoms with Crippen LogP contribution >= 0.6 is 0 Å². The number of hydrogen-bond acceptors (Lipinski definition) is 6. The van der Waals surface area contributed by atoms with Gasteiger partial charge in [-0.05, 0) is 13.0 Å². The van der Waals surface area contributed by atoms with Crippen molar-refractivity contribution in [1.29, 1.82) is 0 Å². The number of nitrogens with zero attached hydrogens (tertiary/aromatic N) is 1. The van der Waals surface area contributed by atoms with Crippen LogP contribution in [0.4, 0.5) is 5.69 Å². The van der Waals surface area contributed by atoms with Gasteiger partial charge in [0.05, 0.1) is 16.5 Å². The molecule has 1 N–H and O–H groups in total. The highest BCUT2D eigenvalue weighted by atomic mass is 16.6. The lowest BCUT2D eigenvalue weighted by molar-refractivity contribution is -0.385. The van der Waals surface area contributed by atoms with E-state index in [4.69, 9.17) is 9.47 Å². The normalized spacial score (nSPS) is 18.6. The van der Waals surface area contributed by atoms with E-state index < -0.39 is 28.9 Å². The molecule has 0 spiro atoms. The highest BCUT2D eigenvalue weighted by Gasteiger charge is 2.32. The van der Waals surface area contributed by atoms with Crippen LogP contribution in [0.5, 0.6) is 5.75 Å². The van der Waals surface area contributed by atoms with Crippen LogP contribution in [0.25, 0.3) is 0 Å². The van der Waals surface area contributed by atoms with Crippen molar-refractivity contribution in [2.75, 3.05) is 6.61 Å². The van der Waals surface area contributed by atoms with Gasteiger partial charge in [0.1, 0.15) is 12.7 Å². The zero-order valence-corrected chi connectivity index (χ0v) is 11.5. The molecule has 21 heavy (non-hydrogen) atoms. The first-order chi connectivity index (χ1) is 9.90. The van der Waals surface area contributed by atoms with E-state index in [0.29, 0.717) is 0 Å². The predicted molar refractivity (Wildman–Crippen MR) is 71.1 cm³/mol. The molecule has 1 aromatic carbocycles. The molecule has 0 saturated carbocycles. The molecule has 1 aliphatic rings. The minimum atomic E-state index is -0.611. The fourth-order valence-corrected chi connectivity index (χ4v) is 2.06. The average Bonchev–Trinajstić information content (AvgIpc) is 2.57. The molecule has 112 valence electrons. The summed E-state index contributed by atoms with van der Waals surface area (Å²) >= 11 is 0. The summed E-state index contributed by atoms with van der Waals surface area (Å²) in [6.07, 6.45) is -0.611. The van der Waals surface area contributed by atoms with Crippen LogP contribution in [0.15, 0.2) is 18.2 Å². The highest BCUT2D eigenvalue weighted by Crippen LogP contribution is 2.32. The van der Waals surface area contributed by atoms with Gasteiger partial charge in [0.15, 0.2) is 0 Å². The van der Waals surface area contributed by atoms with Gasteiger partial charge in [-0.25, -0.2) is 0 Å². The maximum absolute atomic E-state index is 12.1. The van der Waals surface area contributed by atoms with Gasteiger partial charge < -0.3 is 14.8 Å². The lowest BCUT2D eigenvalue weighted by Gasteiger charge is -2.22. The largest absolute Gasteiger partial charge is 0.484 e. The van der Waals surface area contributed by atoms with Crippen LogP contribution in [0.2, 0.25) is 0 Å². The Morgan fingerprint density at radius 2 is 2.29 bits per heavy atom. The van der Waals surface area contributed by atoms with Crippen LogP contribution in [-0.2, 0) is 9.53 Å². The lowest BCUT2D eigenvalue weighted by atomic mass is 10.1. The topological polar surface area (TPSA) is 108 Å². The number of esters is 1. The first-order valence-corrected chi connectivity index (χ1v) is 6.28. The fraction of sp³-hybridized carbons (Fsp3) is 0.385. The Morgan fingerprint density at radius 1 is 1.57 bits per heavy atom. The lowest BCUT2D eigenvalue weighted by Crippen LogP contribution is -2.45. The molecule has 1 heterocycles. The highest BCUT2D eigenvalue weighted by molar-refractivity contribution is 5.98. The van der Waals surface area contributed by atoms with Gasteiger partial charge in [0.2, 0.25) is 5.75 Å². The van der Waals surface area contributed by atoms with Gasteiger partial charge >= 0.3 is 11.7 Å². The summed E-state index contributed by atoms with van der Waals surface area (Å²) in [7, 11) is 0. The van der Waals surface area contributed by atoms with Gasteiger partial charge in [-0.3, -0.25) is 19.7 Å². The SMILES string of the molecule is CC(=O)OC(C)[C@@H]1COc2c(cccc2[N+](=O)[O-])C(=O)N1. The molecule has 1 amide bonds. The van der Waals surface area contributed by atoms with Crippen LogP contribution in [-0.4, -0.2) is 35.6 Å². The van der Waals surface area contributed by atoms with Crippen molar-refractivity contribution >= 4 is 17.6 Å². The summed E-state index contributed by atoms with van der Waals surface area (Å²) in [5.74, 6) is -1.06. The standard InChI is InChI=1S/C13H14N2O6/c1-7(21-8(2)16)10-6-20-12-9(13(17)14-10)4-3-5-11(12)15(18)19/h3-5,7,10H,6H2,1-2H3,(H,14,17)/t7?,10-/m0/s1. The third-order valence-electron chi connectivity index (χ3n) is 3.08. The Kier molecular flexibility index (Phi) is 4.06. The maximum Gasteiger partial charge on any atom is 0.311 e. The molecule has 2 atom stereocenters. The molecule has 8 nitrogen and oxygen atoms in total. The van der Waals surface area contributed by atoms with Crippen molar-refractivity contribution in [3.8, 4) is 5.75 Å². The molecule has 0 saturated heterocycles. The zero-order valence-electron chi connectivity index (χ0n) is 11.5. The molecular formula is C13H14N2O6. The number of nitro groups is 1. The van der Waals surface area contributed by atoms with Crippen molar-refractivity contribution in [3.63, 3.8) is 0 Å². The summed E-state index contributed by atoms with van der Waals surface area (Å²) in [4.78, 5) is 33.5. The van der Waals surface area contributed by atoms with E-state index in [9.17, 15) is 19.7 Å². The molecule has 0 radical (unpaired) electrons. The van der Waals surface area contributed by atoms with Crippen LogP contribution in [0, 0.1) is 10.1 Å². The Bertz CT molecular complexity index is 600. The van der Waals surface area contributed by atoms with E-state index in [-0.39, 0.29) is 23.6 Å². The zero-order chi connectivity index (χ0) is 15.6. The van der Waals surface area contributed by atoms with Crippen molar-refractivity contribution < 1.29 is 24.0 Å². The smallest absolute Gasteiger partial charge is 0.311 e. The Labute approximate surface area is 120 Å². The van der Waals surface area contributed by atoms with Crippen molar-refractivity contribution in [1.82, 2.24) is 5.32 Å². The van der Waals surface area contributed by atoms with Gasteiger partial charge in [-0.15, -0.1) is 0 Å².